The van der Waals surface area contributed by atoms with Crippen LogP contribution in [-0.2, 0) is 24.4 Å². The zero-order chi connectivity index (χ0) is 14.5. The Morgan fingerprint density at radius 2 is 2.15 bits per heavy atom. The van der Waals surface area contributed by atoms with E-state index < -0.39 is 0 Å². The number of aryl methyl sites for hydroxylation is 1. The standard InChI is InChI=1S/C15H24N4O/c1-5-19-12(2)8-14(13(19)3)9-16-15-10-17-18(11-15)6-7-20-4/h8,10-11,16H,5-7,9H2,1-4H3. The van der Waals surface area contributed by atoms with Gasteiger partial charge in [-0.25, -0.2) is 0 Å². The van der Waals surface area contributed by atoms with Gasteiger partial charge in [0.05, 0.1) is 25.0 Å². The van der Waals surface area contributed by atoms with E-state index in [1.165, 1.54) is 17.0 Å². The van der Waals surface area contributed by atoms with Crippen LogP contribution in [0, 0.1) is 13.8 Å². The van der Waals surface area contributed by atoms with Gasteiger partial charge in [0.25, 0.3) is 0 Å². The summed E-state index contributed by atoms with van der Waals surface area (Å²) >= 11 is 0. The summed E-state index contributed by atoms with van der Waals surface area (Å²) in [6, 6.07) is 2.25. The molecule has 0 unspecified atom stereocenters. The van der Waals surface area contributed by atoms with Crippen molar-refractivity contribution in [2.75, 3.05) is 19.0 Å². The topological polar surface area (TPSA) is 44.0 Å². The van der Waals surface area contributed by atoms with Gasteiger partial charge >= 0.3 is 0 Å². The van der Waals surface area contributed by atoms with Gasteiger partial charge in [0.1, 0.15) is 0 Å². The van der Waals surface area contributed by atoms with E-state index in [0.29, 0.717) is 6.61 Å². The van der Waals surface area contributed by atoms with Crippen LogP contribution in [-0.4, -0.2) is 28.1 Å². The molecule has 0 radical (unpaired) electrons. The first-order valence-corrected chi connectivity index (χ1v) is 7.06. The quantitative estimate of drug-likeness (QED) is 0.845. The fraction of sp³-hybridized carbons (Fsp3) is 0.533. The molecule has 2 heterocycles. The van der Waals surface area contributed by atoms with E-state index >= 15 is 0 Å². The highest BCUT2D eigenvalue weighted by molar-refractivity contribution is 5.40. The third kappa shape index (κ3) is 3.22. The molecule has 110 valence electrons. The van der Waals surface area contributed by atoms with Crippen molar-refractivity contribution in [3.63, 3.8) is 0 Å². The van der Waals surface area contributed by atoms with E-state index in [1.54, 1.807) is 7.11 Å². The van der Waals surface area contributed by atoms with Gasteiger partial charge in [-0.15, -0.1) is 0 Å². The number of hydrogen-bond acceptors (Lipinski definition) is 3. The fourth-order valence-corrected chi connectivity index (χ4v) is 2.50. The molecule has 0 aliphatic heterocycles. The van der Waals surface area contributed by atoms with Gasteiger partial charge in [0.2, 0.25) is 0 Å². The molecule has 0 amide bonds. The Morgan fingerprint density at radius 1 is 1.35 bits per heavy atom. The van der Waals surface area contributed by atoms with Crippen LogP contribution in [0.2, 0.25) is 0 Å². The predicted octanol–water partition coefficient (Wildman–Crippen LogP) is 2.58. The molecule has 20 heavy (non-hydrogen) atoms. The normalized spacial score (nSPS) is 11.0. The minimum Gasteiger partial charge on any atom is -0.383 e. The summed E-state index contributed by atoms with van der Waals surface area (Å²) in [6.45, 7) is 9.82. The van der Waals surface area contributed by atoms with Crippen molar-refractivity contribution >= 4 is 5.69 Å². The Morgan fingerprint density at radius 3 is 2.80 bits per heavy atom. The third-order valence-electron chi connectivity index (χ3n) is 3.64. The second kappa shape index (κ2) is 6.61. The Labute approximate surface area is 120 Å². The molecule has 0 aliphatic carbocycles. The van der Waals surface area contributed by atoms with Crippen LogP contribution in [0.15, 0.2) is 18.5 Å². The van der Waals surface area contributed by atoms with Crippen molar-refractivity contribution in [2.24, 2.45) is 0 Å². The second-order valence-electron chi connectivity index (χ2n) is 4.98. The summed E-state index contributed by atoms with van der Waals surface area (Å²) in [5, 5.41) is 7.72. The minimum absolute atomic E-state index is 0.679. The molecule has 0 spiro atoms. The van der Waals surface area contributed by atoms with Crippen LogP contribution in [0.25, 0.3) is 0 Å². The van der Waals surface area contributed by atoms with E-state index in [0.717, 1.165) is 25.3 Å². The van der Waals surface area contributed by atoms with Gasteiger partial charge in [0, 0.05) is 37.8 Å². The average molecular weight is 276 g/mol. The molecule has 0 aromatic carbocycles. The minimum atomic E-state index is 0.679. The van der Waals surface area contributed by atoms with Crippen molar-refractivity contribution in [3.05, 3.63) is 35.4 Å². The summed E-state index contributed by atoms with van der Waals surface area (Å²) < 4.78 is 9.27. The smallest absolute Gasteiger partial charge is 0.0729 e. The molecule has 0 saturated carbocycles. The lowest BCUT2D eigenvalue weighted by atomic mass is 10.2. The van der Waals surface area contributed by atoms with Gasteiger partial charge < -0.3 is 14.6 Å². The molecular weight excluding hydrogens is 252 g/mol. The van der Waals surface area contributed by atoms with Crippen molar-refractivity contribution in [1.29, 1.82) is 0 Å². The van der Waals surface area contributed by atoms with Crippen molar-refractivity contribution in [3.8, 4) is 0 Å². The lowest BCUT2D eigenvalue weighted by Crippen LogP contribution is -2.04. The highest BCUT2D eigenvalue weighted by Gasteiger charge is 2.07. The van der Waals surface area contributed by atoms with Crippen molar-refractivity contribution in [1.82, 2.24) is 14.3 Å². The lowest BCUT2D eigenvalue weighted by molar-refractivity contribution is 0.183. The summed E-state index contributed by atoms with van der Waals surface area (Å²) in [4.78, 5) is 0. The Bertz CT molecular complexity index is 556. The van der Waals surface area contributed by atoms with Gasteiger partial charge in [-0.05, 0) is 32.4 Å². The molecule has 2 aromatic heterocycles. The van der Waals surface area contributed by atoms with Crippen LogP contribution < -0.4 is 5.32 Å². The Balaban J connectivity index is 1.96. The highest BCUT2D eigenvalue weighted by atomic mass is 16.5. The molecule has 0 atom stereocenters. The molecule has 2 rings (SSSR count). The largest absolute Gasteiger partial charge is 0.383 e. The number of rotatable bonds is 7. The monoisotopic (exact) mass is 276 g/mol. The van der Waals surface area contributed by atoms with Crippen LogP contribution in [0.4, 0.5) is 5.69 Å². The maximum absolute atomic E-state index is 5.04. The Kier molecular flexibility index (Phi) is 4.84. The number of aromatic nitrogens is 3. The van der Waals surface area contributed by atoms with Crippen LogP contribution in [0.3, 0.4) is 0 Å². The van der Waals surface area contributed by atoms with E-state index in [2.05, 4.69) is 41.8 Å². The molecule has 1 N–H and O–H groups in total. The zero-order valence-electron chi connectivity index (χ0n) is 12.8. The van der Waals surface area contributed by atoms with Gasteiger partial charge in [-0.1, -0.05) is 0 Å². The first-order chi connectivity index (χ1) is 9.65. The predicted molar refractivity (Wildman–Crippen MR) is 81.0 cm³/mol. The SMILES string of the molecule is CCn1c(C)cc(CNc2cnn(CCOC)c2)c1C. The molecule has 0 saturated heterocycles. The summed E-state index contributed by atoms with van der Waals surface area (Å²) in [7, 11) is 1.70. The molecule has 0 aliphatic rings. The van der Waals surface area contributed by atoms with E-state index in [9.17, 15) is 0 Å². The van der Waals surface area contributed by atoms with Crippen LogP contribution in [0.1, 0.15) is 23.9 Å². The maximum atomic E-state index is 5.04. The number of methoxy groups -OCH3 is 1. The number of ether oxygens (including phenoxy) is 1. The van der Waals surface area contributed by atoms with Crippen LogP contribution in [0.5, 0.6) is 0 Å². The molecule has 5 nitrogen and oxygen atoms in total. The summed E-state index contributed by atoms with van der Waals surface area (Å²) in [5.74, 6) is 0. The first-order valence-electron chi connectivity index (χ1n) is 7.06. The number of nitrogens with zero attached hydrogens (tertiary/aromatic N) is 3. The second-order valence-corrected chi connectivity index (χ2v) is 4.98. The van der Waals surface area contributed by atoms with E-state index in [1.807, 2.05) is 17.1 Å². The third-order valence-corrected chi connectivity index (χ3v) is 3.64. The van der Waals surface area contributed by atoms with Crippen LogP contribution >= 0.6 is 0 Å². The summed E-state index contributed by atoms with van der Waals surface area (Å²) in [5.41, 5.74) is 5.04. The Hall–Kier alpha value is -1.75. The maximum Gasteiger partial charge on any atom is 0.0729 e. The number of anilines is 1. The van der Waals surface area contributed by atoms with Crippen molar-refractivity contribution < 1.29 is 4.74 Å². The molecular formula is C15H24N4O. The van der Waals surface area contributed by atoms with E-state index in [-0.39, 0.29) is 0 Å². The average Bonchev–Trinajstić information content (AvgIpc) is 2.99. The molecule has 0 fully saturated rings. The molecule has 5 heteroatoms. The number of nitrogens with one attached hydrogen (secondary N) is 1. The van der Waals surface area contributed by atoms with Gasteiger partial charge in [-0.3, -0.25) is 4.68 Å². The lowest BCUT2D eigenvalue weighted by Gasteiger charge is -2.07. The summed E-state index contributed by atoms with van der Waals surface area (Å²) in [6.07, 6.45) is 3.87. The van der Waals surface area contributed by atoms with E-state index in [4.69, 9.17) is 4.74 Å². The van der Waals surface area contributed by atoms with Gasteiger partial charge in [0.15, 0.2) is 0 Å². The highest BCUT2D eigenvalue weighted by Crippen LogP contribution is 2.16. The molecule has 0 bridgehead atoms. The van der Waals surface area contributed by atoms with Crippen molar-refractivity contribution in [2.45, 2.75) is 40.4 Å². The van der Waals surface area contributed by atoms with Gasteiger partial charge in [-0.2, -0.15) is 5.10 Å². The first kappa shape index (κ1) is 14.7. The number of hydrogen-bond donors (Lipinski definition) is 1. The molecule has 2 aromatic rings. The zero-order valence-corrected chi connectivity index (χ0v) is 12.8. The fourth-order valence-electron chi connectivity index (χ4n) is 2.50.